The molecule has 29 heavy (non-hydrogen) atoms. The Kier molecular flexibility index (Phi) is 5.67. The number of carbonyl (C=O) groups is 1. The van der Waals surface area contributed by atoms with E-state index in [-0.39, 0.29) is 21.2 Å². The first kappa shape index (κ1) is 21.1. The molecular weight excluding hydrogens is 659 g/mol. The van der Waals surface area contributed by atoms with Crippen LogP contribution in [0.3, 0.4) is 0 Å². The lowest BCUT2D eigenvalue weighted by atomic mass is 9.91. The molecule has 0 spiro atoms. The number of carboxylic acids is 1. The lowest BCUT2D eigenvalue weighted by Gasteiger charge is -2.20. The summed E-state index contributed by atoms with van der Waals surface area (Å²) in [5.41, 5.74) is 1.64. The van der Waals surface area contributed by atoms with Crippen molar-refractivity contribution in [3.63, 3.8) is 0 Å². The molecule has 0 atom stereocenters. The van der Waals surface area contributed by atoms with Gasteiger partial charge in [-0.05, 0) is 81.4 Å². The maximum Gasteiger partial charge on any atom is 0.210 e. The summed E-state index contributed by atoms with van der Waals surface area (Å²) in [7, 11) is 0. The van der Waals surface area contributed by atoms with Gasteiger partial charge in [0.15, 0.2) is 11.3 Å². The van der Waals surface area contributed by atoms with Crippen LogP contribution in [0.5, 0.6) is 0 Å². The third-order valence-electron chi connectivity index (χ3n) is 4.41. The second-order valence-electron chi connectivity index (χ2n) is 6.05. The van der Waals surface area contributed by atoms with E-state index in [0.717, 1.165) is 0 Å². The molecule has 4 nitrogen and oxygen atoms in total. The van der Waals surface area contributed by atoms with Gasteiger partial charge in [-0.2, -0.15) is 0 Å². The van der Waals surface area contributed by atoms with E-state index < -0.39 is 5.97 Å². The molecule has 1 heterocycles. The van der Waals surface area contributed by atoms with Crippen LogP contribution in [-0.4, -0.2) is 5.97 Å². The fourth-order valence-corrected chi connectivity index (χ4v) is 5.69. The molecule has 0 radical (unpaired) electrons. The third kappa shape index (κ3) is 3.39. The summed E-state index contributed by atoms with van der Waals surface area (Å²) in [4.78, 5) is 24.2. The number of fused-ring (bicyclic) bond motifs is 2. The second-order valence-corrected chi connectivity index (χ2v) is 9.72. The van der Waals surface area contributed by atoms with Crippen molar-refractivity contribution in [1.82, 2.24) is 0 Å². The topological polar surface area (TPSA) is 70.3 Å². The molecule has 4 rings (SSSR count). The second kappa shape index (κ2) is 7.81. The molecular formula is C20H6Br4ClO4-. The highest BCUT2D eigenvalue weighted by Crippen LogP contribution is 2.48. The van der Waals surface area contributed by atoms with Crippen molar-refractivity contribution >= 4 is 92.3 Å². The number of benzene rings is 3. The lowest BCUT2D eigenvalue weighted by Crippen LogP contribution is -2.23. The zero-order valence-corrected chi connectivity index (χ0v) is 21.1. The van der Waals surface area contributed by atoms with Crippen molar-refractivity contribution in [2.45, 2.75) is 0 Å². The fraction of sp³-hybridized carbons (Fsp3) is 0. The van der Waals surface area contributed by atoms with Crippen molar-refractivity contribution in [1.29, 1.82) is 0 Å². The molecule has 146 valence electrons. The Labute approximate surface area is 202 Å². The molecule has 0 saturated heterocycles. The van der Waals surface area contributed by atoms with Gasteiger partial charge >= 0.3 is 0 Å². The summed E-state index contributed by atoms with van der Waals surface area (Å²) in [6, 6.07) is 9.87. The minimum atomic E-state index is -1.31. The Hall–Kier alpha value is -1.19. The van der Waals surface area contributed by atoms with E-state index in [0.29, 0.717) is 46.1 Å². The Morgan fingerprint density at radius 2 is 1.66 bits per heavy atom. The van der Waals surface area contributed by atoms with Crippen molar-refractivity contribution in [2.24, 2.45) is 0 Å². The highest BCUT2D eigenvalue weighted by Gasteiger charge is 2.26. The number of hydrogen-bond donors (Lipinski definition) is 0. The van der Waals surface area contributed by atoms with Crippen molar-refractivity contribution in [3.8, 4) is 22.5 Å². The van der Waals surface area contributed by atoms with Crippen LogP contribution in [0.25, 0.3) is 33.4 Å². The normalized spacial score (nSPS) is 11.3. The van der Waals surface area contributed by atoms with E-state index in [1.165, 1.54) is 6.07 Å². The minimum Gasteiger partial charge on any atom is -0.545 e. The quantitative estimate of drug-likeness (QED) is 0.178. The molecule has 1 aliphatic carbocycles. The Balaban J connectivity index is 2.34. The van der Waals surface area contributed by atoms with Gasteiger partial charge in [0.1, 0.15) is 4.47 Å². The lowest BCUT2D eigenvalue weighted by molar-refractivity contribution is -0.254. The van der Waals surface area contributed by atoms with Gasteiger partial charge in [0.25, 0.3) is 0 Å². The van der Waals surface area contributed by atoms with E-state index in [2.05, 4.69) is 63.7 Å². The molecule has 0 fully saturated rings. The van der Waals surface area contributed by atoms with Gasteiger partial charge in [0, 0.05) is 26.5 Å². The van der Waals surface area contributed by atoms with Gasteiger partial charge in [0.05, 0.1) is 19.9 Å². The Morgan fingerprint density at radius 3 is 2.34 bits per heavy atom. The minimum absolute atomic E-state index is 0.0157. The number of carbonyl (C=O) groups excluding carboxylic acids is 1. The van der Waals surface area contributed by atoms with Crippen LogP contribution in [0.2, 0.25) is 5.02 Å². The fourth-order valence-electron chi connectivity index (χ4n) is 3.15. The zero-order valence-electron chi connectivity index (χ0n) is 14.0. The molecule has 0 aromatic heterocycles. The van der Waals surface area contributed by atoms with Crippen molar-refractivity contribution in [3.05, 3.63) is 75.1 Å². The van der Waals surface area contributed by atoms with Crippen LogP contribution in [0.15, 0.2) is 63.5 Å². The summed E-state index contributed by atoms with van der Waals surface area (Å²) in [6.45, 7) is 0. The SMILES string of the molecule is O=C([O-])c1ccccc1-c1c2cc(Br)c(=O)c(Br)c-2oc2c(Br)c(Cl)c(Br)cc12. The largest absolute Gasteiger partial charge is 0.545 e. The first-order chi connectivity index (χ1) is 13.7. The van der Waals surface area contributed by atoms with E-state index >= 15 is 0 Å². The van der Waals surface area contributed by atoms with Crippen LogP contribution in [-0.2, 0) is 0 Å². The predicted molar refractivity (Wildman–Crippen MR) is 125 cm³/mol. The van der Waals surface area contributed by atoms with Gasteiger partial charge in [-0.15, -0.1) is 0 Å². The molecule has 2 aromatic carbocycles. The highest BCUT2D eigenvalue weighted by atomic mass is 79.9. The predicted octanol–water partition coefficient (Wildman–Crippen LogP) is 6.63. The van der Waals surface area contributed by atoms with E-state index in [1.807, 2.05) is 0 Å². The molecule has 2 aromatic rings. The summed E-state index contributed by atoms with van der Waals surface area (Å²) in [5.74, 6) is -1.04. The van der Waals surface area contributed by atoms with Crippen molar-refractivity contribution in [2.75, 3.05) is 0 Å². The van der Waals surface area contributed by atoms with Crippen LogP contribution < -0.4 is 10.5 Å². The number of hydrogen-bond acceptors (Lipinski definition) is 4. The molecule has 0 N–H and O–H groups in total. The maximum atomic E-state index is 12.4. The average Bonchev–Trinajstić information content (AvgIpc) is 2.69. The molecule has 0 unspecified atom stereocenters. The van der Waals surface area contributed by atoms with Gasteiger partial charge in [-0.1, -0.05) is 35.9 Å². The molecule has 2 aliphatic rings. The Bertz CT molecular complexity index is 1360. The van der Waals surface area contributed by atoms with Crippen LogP contribution in [0, 0.1) is 0 Å². The van der Waals surface area contributed by atoms with Gasteiger partial charge in [-0.25, -0.2) is 0 Å². The summed E-state index contributed by atoms with van der Waals surface area (Å²) >= 11 is 19.8. The number of aromatic carboxylic acids is 1. The maximum absolute atomic E-state index is 12.4. The zero-order chi connectivity index (χ0) is 21.0. The number of carboxylic acid groups (broad SMARTS) is 1. The smallest absolute Gasteiger partial charge is 0.210 e. The summed E-state index contributed by atoms with van der Waals surface area (Å²) in [5, 5.41) is 12.8. The first-order valence-electron chi connectivity index (χ1n) is 7.95. The van der Waals surface area contributed by atoms with Crippen LogP contribution in [0.1, 0.15) is 10.4 Å². The van der Waals surface area contributed by atoms with E-state index in [1.54, 1.807) is 30.3 Å². The number of halogens is 5. The Morgan fingerprint density at radius 1 is 0.966 bits per heavy atom. The molecule has 1 aliphatic heterocycles. The summed E-state index contributed by atoms with van der Waals surface area (Å²) in [6.07, 6.45) is 0. The van der Waals surface area contributed by atoms with Crippen LogP contribution in [0.4, 0.5) is 0 Å². The van der Waals surface area contributed by atoms with Gasteiger partial charge in [0.2, 0.25) is 5.43 Å². The van der Waals surface area contributed by atoms with E-state index in [9.17, 15) is 14.7 Å². The monoisotopic (exact) mass is 661 g/mol. The van der Waals surface area contributed by atoms with Gasteiger partial charge < -0.3 is 14.3 Å². The average molecular weight is 665 g/mol. The molecule has 0 saturated carbocycles. The molecule has 0 bridgehead atoms. The molecule has 9 heteroatoms. The third-order valence-corrected chi connectivity index (χ3v) is 7.95. The van der Waals surface area contributed by atoms with Crippen LogP contribution >= 0.6 is 75.3 Å². The first-order valence-corrected chi connectivity index (χ1v) is 11.5. The van der Waals surface area contributed by atoms with Crippen molar-refractivity contribution < 1.29 is 14.3 Å². The van der Waals surface area contributed by atoms with E-state index in [4.69, 9.17) is 16.0 Å². The summed E-state index contributed by atoms with van der Waals surface area (Å²) < 4.78 is 7.65. The molecule has 0 amide bonds. The number of rotatable bonds is 2. The highest BCUT2D eigenvalue weighted by molar-refractivity contribution is 9.11. The standard InChI is InChI=1S/C20H7Br4ClO4/c21-11-5-9-13(7-3-1-2-4-8(7)20(27)28)10-6-12(22)17(26)15(24)19(10)29-18(9)14(23)16(11)25/h1-6H,(H,27,28)/p-1. The van der Waals surface area contributed by atoms with Gasteiger partial charge in [-0.3, -0.25) is 4.79 Å².